The van der Waals surface area contributed by atoms with E-state index >= 15 is 0 Å². The monoisotopic (exact) mass is 389 g/mol. The summed E-state index contributed by atoms with van der Waals surface area (Å²) in [5.74, 6) is 0. The van der Waals surface area contributed by atoms with Gasteiger partial charge in [-0.05, 0) is 36.4 Å². The Morgan fingerprint density at radius 1 is 0.800 bits per heavy atom. The minimum absolute atomic E-state index is 0.736. The average Bonchev–Trinajstić information content (AvgIpc) is 3.09. The fourth-order valence-corrected chi connectivity index (χ4v) is 3.10. The molecule has 2 N–H and O–H groups in total. The highest BCUT2D eigenvalue weighted by Gasteiger charge is 2.14. The highest BCUT2D eigenvalue weighted by molar-refractivity contribution is 9.10. The summed E-state index contributed by atoms with van der Waals surface area (Å²) in [7, 11) is 0. The van der Waals surface area contributed by atoms with Crippen molar-refractivity contribution in [2.45, 2.75) is 0 Å². The van der Waals surface area contributed by atoms with Crippen LogP contribution in [0.5, 0.6) is 0 Å². The van der Waals surface area contributed by atoms with Crippen molar-refractivity contribution in [1.29, 1.82) is 0 Å². The Morgan fingerprint density at radius 3 is 2.20 bits per heavy atom. The van der Waals surface area contributed by atoms with Gasteiger partial charge in [-0.1, -0.05) is 64.5 Å². The van der Waals surface area contributed by atoms with Crippen LogP contribution in [0.2, 0.25) is 0 Å². The standard InChI is InChI=1S/C21H16BrN3/c22-16-10-12-17(13-11-16)25-21(18-8-4-5-9-19(18)23)14-20(24-25)15-6-2-1-3-7-15/h1-14H,23H2. The van der Waals surface area contributed by atoms with Crippen molar-refractivity contribution in [3.8, 4) is 28.2 Å². The Kier molecular flexibility index (Phi) is 4.12. The van der Waals surface area contributed by atoms with Crippen LogP contribution in [-0.2, 0) is 0 Å². The maximum atomic E-state index is 6.22. The number of para-hydroxylation sites is 1. The maximum Gasteiger partial charge on any atom is 0.0934 e. The molecule has 0 saturated heterocycles. The predicted octanol–water partition coefficient (Wildman–Crippen LogP) is 5.55. The summed E-state index contributed by atoms with van der Waals surface area (Å²) in [4.78, 5) is 0. The van der Waals surface area contributed by atoms with Gasteiger partial charge >= 0.3 is 0 Å². The van der Waals surface area contributed by atoms with Crippen molar-refractivity contribution in [2.75, 3.05) is 5.73 Å². The number of aromatic nitrogens is 2. The van der Waals surface area contributed by atoms with Crippen LogP contribution < -0.4 is 5.73 Å². The molecule has 0 amide bonds. The van der Waals surface area contributed by atoms with E-state index in [1.54, 1.807) is 0 Å². The molecule has 25 heavy (non-hydrogen) atoms. The van der Waals surface area contributed by atoms with E-state index in [-0.39, 0.29) is 0 Å². The molecule has 0 spiro atoms. The van der Waals surface area contributed by atoms with E-state index in [1.807, 2.05) is 71.4 Å². The van der Waals surface area contributed by atoms with Crippen LogP contribution in [0.4, 0.5) is 5.69 Å². The Morgan fingerprint density at radius 2 is 1.48 bits per heavy atom. The summed E-state index contributed by atoms with van der Waals surface area (Å²) < 4.78 is 2.98. The second-order valence-electron chi connectivity index (χ2n) is 5.76. The van der Waals surface area contributed by atoms with E-state index in [2.05, 4.69) is 34.1 Å². The van der Waals surface area contributed by atoms with Gasteiger partial charge in [0.15, 0.2) is 0 Å². The Balaban J connectivity index is 1.93. The van der Waals surface area contributed by atoms with Gasteiger partial charge in [0, 0.05) is 21.3 Å². The van der Waals surface area contributed by atoms with Crippen molar-refractivity contribution in [3.05, 3.63) is 89.4 Å². The van der Waals surface area contributed by atoms with Crippen LogP contribution in [0.3, 0.4) is 0 Å². The SMILES string of the molecule is Nc1ccccc1-c1cc(-c2ccccc2)nn1-c1ccc(Br)cc1. The molecule has 0 atom stereocenters. The van der Waals surface area contributed by atoms with Crippen molar-refractivity contribution in [3.63, 3.8) is 0 Å². The number of nitrogens with two attached hydrogens (primary N) is 1. The zero-order chi connectivity index (χ0) is 17.2. The third-order valence-corrected chi connectivity index (χ3v) is 4.62. The number of rotatable bonds is 3. The summed E-state index contributed by atoms with van der Waals surface area (Å²) in [5, 5.41) is 4.84. The van der Waals surface area contributed by atoms with E-state index < -0.39 is 0 Å². The molecular formula is C21H16BrN3. The number of halogens is 1. The Bertz CT molecular complexity index is 1010. The van der Waals surface area contributed by atoms with Crippen LogP contribution in [0.15, 0.2) is 89.4 Å². The molecule has 0 saturated carbocycles. The van der Waals surface area contributed by atoms with Crippen molar-refractivity contribution in [2.24, 2.45) is 0 Å². The number of nitrogen functional groups attached to an aromatic ring is 1. The summed E-state index contributed by atoms with van der Waals surface area (Å²) in [6, 6.07) is 28.2. The molecular weight excluding hydrogens is 374 g/mol. The van der Waals surface area contributed by atoms with Gasteiger partial charge in [0.25, 0.3) is 0 Å². The van der Waals surface area contributed by atoms with Crippen molar-refractivity contribution < 1.29 is 0 Å². The summed E-state index contributed by atoms with van der Waals surface area (Å²) in [5.41, 5.74) is 11.9. The van der Waals surface area contributed by atoms with E-state index in [9.17, 15) is 0 Å². The fraction of sp³-hybridized carbons (Fsp3) is 0. The van der Waals surface area contributed by atoms with Gasteiger partial charge in [0.2, 0.25) is 0 Å². The van der Waals surface area contributed by atoms with Gasteiger partial charge in [-0.25, -0.2) is 4.68 Å². The van der Waals surface area contributed by atoms with Crippen molar-refractivity contribution in [1.82, 2.24) is 9.78 Å². The first-order valence-electron chi connectivity index (χ1n) is 7.99. The normalized spacial score (nSPS) is 10.8. The molecule has 0 aliphatic heterocycles. The molecule has 3 nitrogen and oxygen atoms in total. The van der Waals surface area contributed by atoms with Crippen LogP contribution >= 0.6 is 15.9 Å². The third kappa shape index (κ3) is 3.08. The van der Waals surface area contributed by atoms with Gasteiger partial charge in [-0.15, -0.1) is 0 Å². The van der Waals surface area contributed by atoms with Gasteiger partial charge in [-0.2, -0.15) is 5.10 Å². The molecule has 4 heteroatoms. The molecule has 0 radical (unpaired) electrons. The summed E-state index contributed by atoms with van der Waals surface area (Å²) in [6.45, 7) is 0. The average molecular weight is 390 g/mol. The highest BCUT2D eigenvalue weighted by Crippen LogP contribution is 2.32. The van der Waals surface area contributed by atoms with E-state index in [4.69, 9.17) is 10.8 Å². The van der Waals surface area contributed by atoms with Crippen LogP contribution in [0, 0.1) is 0 Å². The molecule has 3 aromatic carbocycles. The molecule has 1 aromatic heterocycles. The first kappa shape index (κ1) is 15.7. The molecule has 4 rings (SSSR count). The molecule has 1 heterocycles. The minimum Gasteiger partial charge on any atom is -0.398 e. The first-order chi connectivity index (χ1) is 12.2. The van der Waals surface area contributed by atoms with Gasteiger partial charge in [0.05, 0.1) is 17.1 Å². The molecule has 0 unspecified atom stereocenters. The fourth-order valence-electron chi connectivity index (χ4n) is 2.83. The molecule has 0 aliphatic rings. The number of benzene rings is 3. The first-order valence-corrected chi connectivity index (χ1v) is 8.78. The lowest BCUT2D eigenvalue weighted by Gasteiger charge is -2.09. The molecule has 0 bridgehead atoms. The van der Waals surface area contributed by atoms with Gasteiger partial charge in [-0.3, -0.25) is 0 Å². The maximum absolute atomic E-state index is 6.22. The largest absolute Gasteiger partial charge is 0.398 e. The quantitative estimate of drug-likeness (QED) is 0.466. The number of hydrogen-bond acceptors (Lipinski definition) is 2. The molecule has 0 fully saturated rings. The molecule has 4 aromatic rings. The summed E-state index contributed by atoms with van der Waals surface area (Å²) >= 11 is 3.49. The van der Waals surface area contributed by atoms with Crippen LogP contribution in [-0.4, -0.2) is 9.78 Å². The Hall–Kier alpha value is -2.85. The topological polar surface area (TPSA) is 43.8 Å². The molecule has 0 aliphatic carbocycles. The lowest BCUT2D eigenvalue weighted by molar-refractivity contribution is 0.892. The van der Waals surface area contributed by atoms with E-state index in [0.29, 0.717) is 0 Å². The molecule has 122 valence electrons. The smallest absolute Gasteiger partial charge is 0.0934 e. The lowest BCUT2D eigenvalue weighted by atomic mass is 10.1. The predicted molar refractivity (Wildman–Crippen MR) is 107 cm³/mol. The Labute approximate surface area is 154 Å². The third-order valence-electron chi connectivity index (χ3n) is 4.09. The number of hydrogen-bond donors (Lipinski definition) is 1. The van der Waals surface area contributed by atoms with Crippen molar-refractivity contribution >= 4 is 21.6 Å². The number of anilines is 1. The zero-order valence-corrected chi connectivity index (χ0v) is 15.0. The lowest BCUT2D eigenvalue weighted by Crippen LogP contribution is -2.00. The minimum atomic E-state index is 0.736. The van der Waals surface area contributed by atoms with E-state index in [0.717, 1.165) is 38.4 Å². The number of nitrogens with zero attached hydrogens (tertiary/aromatic N) is 2. The van der Waals surface area contributed by atoms with Gasteiger partial charge < -0.3 is 5.73 Å². The second kappa shape index (κ2) is 6.57. The summed E-state index contributed by atoms with van der Waals surface area (Å²) in [6.07, 6.45) is 0. The second-order valence-corrected chi connectivity index (χ2v) is 6.67. The zero-order valence-electron chi connectivity index (χ0n) is 13.4. The van der Waals surface area contributed by atoms with E-state index in [1.165, 1.54) is 0 Å². The van der Waals surface area contributed by atoms with Crippen LogP contribution in [0.1, 0.15) is 0 Å². The highest BCUT2D eigenvalue weighted by atomic mass is 79.9. The van der Waals surface area contributed by atoms with Crippen LogP contribution in [0.25, 0.3) is 28.2 Å². The van der Waals surface area contributed by atoms with Gasteiger partial charge in [0.1, 0.15) is 0 Å².